The van der Waals surface area contributed by atoms with E-state index in [2.05, 4.69) is 10.6 Å². The maximum atomic E-state index is 13.8. The number of aliphatic hydroxyl groups is 2. The SMILES string of the molecule is CC[C@H](C)[C@H](NC)C(=O)OC(CC(=O)[C@H]([C@@H](C)CCCC(C)O)N(C)C(=O)[C@H](C)NC)(CC(C)O)C(=O)O. The topological polar surface area (TPSA) is 165 Å². The zero-order valence-corrected chi connectivity index (χ0v) is 24.6. The van der Waals surface area contributed by atoms with Gasteiger partial charge in [0.05, 0.1) is 30.7 Å². The number of likely N-dealkylation sites (N-methyl/N-ethyl adjacent to an activating group) is 3. The number of aliphatic hydroxyl groups excluding tert-OH is 2. The maximum absolute atomic E-state index is 13.8. The summed E-state index contributed by atoms with van der Waals surface area (Å²) < 4.78 is 5.58. The number of aliphatic carboxylic acids is 1. The van der Waals surface area contributed by atoms with Crippen LogP contribution in [-0.2, 0) is 23.9 Å². The molecule has 0 heterocycles. The smallest absolute Gasteiger partial charge is 0.348 e. The van der Waals surface area contributed by atoms with Crippen LogP contribution in [0.25, 0.3) is 0 Å². The fourth-order valence-electron chi connectivity index (χ4n) is 4.72. The van der Waals surface area contributed by atoms with Crippen LogP contribution in [0.4, 0.5) is 0 Å². The van der Waals surface area contributed by atoms with Gasteiger partial charge in [-0.15, -0.1) is 0 Å². The van der Waals surface area contributed by atoms with Crippen LogP contribution in [0.3, 0.4) is 0 Å². The maximum Gasteiger partial charge on any atom is 0.348 e. The van der Waals surface area contributed by atoms with E-state index in [0.29, 0.717) is 25.7 Å². The largest absolute Gasteiger partial charge is 0.478 e. The van der Waals surface area contributed by atoms with Gasteiger partial charge in [-0.3, -0.25) is 14.4 Å². The minimum absolute atomic E-state index is 0.172. The summed E-state index contributed by atoms with van der Waals surface area (Å²) in [4.78, 5) is 53.9. The molecule has 5 N–H and O–H groups in total. The Kier molecular flexibility index (Phi) is 15.9. The molecule has 0 saturated heterocycles. The summed E-state index contributed by atoms with van der Waals surface area (Å²) in [6.07, 6.45) is -0.688. The first-order valence-corrected chi connectivity index (χ1v) is 13.5. The van der Waals surface area contributed by atoms with E-state index < -0.39 is 66.5 Å². The van der Waals surface area contributed by atoms with Gasteiger partial charge < -0.3 is 35.6 Å². The molecule has 11 heteroatoms. The summed E-state index contributed by atoms with van der Waals surface area (Å²) in [5, 5.41) is 35.7. The van der Waals surface area contributed by atoms with Gasteiger partial charge in [0.25, 0.3) is 0 Å². The second kappa shape index (κ2) is 16.8. The van der Waals surface area contributed by atoms with Crippen LogP contribution in [0.2, 0.25) is 0 Å². The highest BCUT2D eigenvalue weighted by molar-refractivity contribution is 5.95. The monoisotopic (exact) mass is 545 g/mol. The number of esters is 1. The van der Waals surface area contributed by atoms with Crippen molar-refractivity contribution in [2.75, 3.05) is 21.1 Å². The van der Waals surface area contributed by atoms with Crippen LogP contribution in [0, 0.1) is 11.8 Å². The molecule has 1 amide bonds. The number of Topliss-reactive ketones (excluding diaryl/α,β-unsaturated/α-hetero) is 1. The molecule has 3 unspecified atom stereocenters. The van der Waals surface area contributed by atoms with E-state index in [-0.39, 0.29) is 17.7 Å². The van der Waals surface area contributed by atoms with Crippen molar-refractivity contribution in [2.24, 2.45) is 11.8 Å². The summed E-state index contributed by atoms with van der Waals surface area (Å²) in [6.45, 7) is 10.2. The molecule has 0 aromatic heterocycles. The second-order valence-corrected chi connectivity index (χ2v) is 10.7. The van der Waals surface area contributed by atoms with Gasteiger partial charge in [-0.1, -0.05) is 33.6 Å². The average molecular weight is 546 g/mol. The number of hydrogen-bond donors (Lipinski definition) is 5. The van der Waals surface area contributed by atoms with Gasteiger partial charge in [-0.05, 0) is 59.5 Å². The Bertz CT molecular complexity index is 775. The molecule has 38 heavy (non-hydrogen) atoms. The summed E-state index contributed by atoms with van der Waals surface area (Å²) in [5.41, 5.74) is -2.32. The number of amides is 1. The molecule has 0 bridgehead atoms. The zero-order chi connectivity index (χ0) is 29.8. The number of carboxylic acid groups (broad SMARTS) is 1. The van der Waals surface area contributed by atoms with Crippen molar-refractivity contribution >= 4 is 23.6 Å². The Morgan fingerprint density at radius 1 is 0.921 bits per heavy atom. The summed E-state index contributed by atoms with van der Waals surface area (Å²) in [5.74, 6) is -3.86. The Balaban J connectivity index is 6.41. The Labute approximate surface area is 227 Å². The van der Waals surface area contributed by atoms with Crippen molar-refractivity contribution in [2.45, 2.75) is 116 Å². The molecule has 0 aliphatic rings. The molecule has 8 atom stereocenters. The summed E-state index contributed by atoms with van der Waals surface area (Å²) in [6, 6.07) is -2.40. The predicted molar refractivity (Wildman–Crippen MR) is 144 cm³/mol. The van der Waals surface area contributed by atoms with Crippen LogP contribution < -0.4 is 10.6 Å². The Morgan fingerprint density at radius 3 is 1.92 bits per heavy atom. The van der Waals surface area contributed by atoms with E-state index in [1.807, 2.05) is 13.8 Å². The predicted octanol–water partition coefficient (Wildman–Crippen LogP) is 1.34. The summed E-state index contributed by atoms with van der Waals surface area (Å²) >= 11 is 0. The third-order valence-corrected chi connectivity index (χ3v) is 7.27. The highest BCUT2D eigenvalue weighted by Crippen LogP contribution is 2.30. The molecule has 0 spiro atoms. The number of ether oxygens (including phenoxy) is 1. The molecule has 0 fully saturated rings. The van der Waals surface area contributed by atoms with Crippen molar-refractivity contribution in [3.05, 3.63) is 0 Å². The van der Waals surface area contributed by atoms with Crippen molar-refractivity contribution in [1.29, 1.82) is 0 Å². The first kappa shape index (κ1) is 35.9. The normalized spacial score (nSPS) is 18.7. The molecular formula is C27H51N3O8. The van der Waals surface area contributed by atoms with Gasteiger partial charge in [0.1, 0.15) is 6.04 Å². The van der Waals surface area contributed by atoms with Crippen LogP contribution >= 0.6 is 0 Å². The van der Waals surface area contributed by atoms with Gasteiger partial charge in [0.2, 0.25) is 11.5 Å². The first-order chi connectivity index (χ1) is 17.6. The number of carbonyl (C=O) groups is 4. The molecule has 0 aromatic rings. The second-order valence-electron chi connectivity index (χ2n) is 10.7. The lowest BCUT2D eigenvalue weighted by atomic mass is 9.83. The van der Waals surface area contributed by atoms with Crippen molar-refractivity contribution in [3.8, 4) is 0 Å². The number of rotatable bonds is 19. The lowest BCUT2D eigenvalue weighted by molar-refractivity contribution is -0.186. The van der Waals surface area contributed by atoms with Crippen LogP contribution in [-0.4, -0.2) is 101 Å². The Hall–Kier alpha value is -2.08. The third-order valence-electron chi connectivity index (χ3n) is 7.27. The van der Waals surface area contributed by atoms with Gasteiger partial charge >= 0.3 is 11.9 Å². The van der Waals surface area contributed by atoms with Gasteiger partial charge in [-0.2, -0.15) is 0 Å². The molecule has 0 aliphatic heterocycles. The molecule has 11 nitrogen and oxygen atoms in total. The first-order valence-electron chi connectivity index (χ1n) is 13.5. The number of nitrogens with zero attached hydrogens (tertiary/aromatic N) is 1. The number of ketones is 1. The molecule has 222 valence electrons. The fourth-order valence-corrected chi connectivity index (χ4v) is 4.72. The lowest BCUT2D eigenvalue weighted by Crippen LogP contribution is -2.56. The zero-order valence-electron chi connectivity index (χ0n) is 24.6. The lowest BCUT2D eigenvalue weighted by Gasteiger charge is -2.37. The highest BCUT2D eigenvalue weighted by atomic mass is 16.6. The van der Waals surface area contributed by atoms with E-state index in [0.717, 1.165) is 0 Å². The van der Waals surface area contributed by atoms with Gasteiger partial charge in [0.15, 0.2) is 5.78 Å². The summed E-state index contributed by atoms with van der Waals surface area (Å²) in [7, 11) is 4.67. The third kappa shape index (κ3) is 10.6. The van der Waals surface area contributed by atoms with Crippen LogP contribution in [0.1, 0.15) is 80.1 Å². The average Bonchev–Trinajstić information content (AvgIpc) is 2.82. The minimum Gasteiger partial charge on any atom is -0.478 e. The Morgan fingerprint density at radius 2 is 1.50 bits per heavy atom. The number of carbonyl (C=O) groups excluding carboxylic acids is 3. The van der Waals surface area contributed by atoms with Crippen molar-refractivity contribution in [1.82, 2.24) is 15.5 Å². The number of nitrogens with one attached hydrogen (secondary N) is 2. The van der Waals surface area contributed by atoms with Crippen LogP contribution in [0.5, 0.6) is 0 Å². The molecular weight excluding hydrogens is 494 g/mol. The van der Waals surface area contributed by atoms with E-state index in [1.165, 1.54) is 18.9 Å². The fraction of sp³-hybridized carbons (Fsp3) is 0.852. The standard InChI is InChI=1S/C27H51N3O8/c1-10-16(2)22(29-8)25(35)38-27(26(36)37,14-19(5)32)15-21(33)23(17(3)12-11-13-18(4)31)30(9)24(34)20(6)28-7/h16-20,22-23,28-29,31-32H,10-15H2,1-9H3,(H,36,37)/t16-,17-,18?,19?,20-,22-,23-,27?/m0/s1. The van der Waals surface area contributed by atoms with Crippen molar-refractivity contribution < 1.29 is 39.2 Å². The number of carboxylic acids is 1. The minimum atomic E-state index is -2.32. The van der Waals surface area contributed by atoms with E-state index in [9.17, 15) is 34.5 Å². The molecule has 0 saturated carbocycles. The molecule has 0 aromatic carbocycles. The molecule has 0 radical (unpaired) electrons. The van der Waals surface area contributed by atoms with E-state index >= 15 is 0 Å². The quantitative estimate of drug-likeness (QED) is 0.150. The van der Waals surface area contributed by atoms with Crippen molar-refractivity contribution in [3.63, 3.8) is 0 Å². The molecule has 0 rings (SSSR count). The van der Waals surface area contributed by atoms with E-state index in [1.54, 1.807) is 34.9 Å². The van der Waals surface area contributed by atoms with Gasteiger partial charge in [0, 0.05) is 13.5 Å². The highest BCUT2D eigenvalue weighted by Gasteiger charge is 2.49. The molecule has 0 aliphatic carbocycles. The van der Waals surface area contributed by atoms with Gasteiger partial charge in [-0.25, -0.2) is 4.79 Å². The van der Waals surface area contributed by atoms with E-state index in [4.69, 9.17) is 4.74 Å². The number of hydrogen-bond acceptors (Lipinski definition) is 9. The van der Waals surface area contributed by atoms with Crippen LogP contribution in [0.15, 0.2) is 0 Å².